The summed E-state index contributed by atoms with van der Waals surface area (Å²) in [6, 6.07) is 19.7. The second-order valence-electron chi connectivity index (χ2n) is 6.06. The third-order valence-electron chi connectivity index (χ3n) is 3.79. The summed E-state index contributed by atoms with van der Waals surface area (Å²) < 4.78 is 0. The molecule has 2 aromatic carbocycles. The van der Waals surface area contributed by atoms with Gasteiger partial charge in [-0.15, -0.1) is 0 Å². The Morgan fingerprint density at radius 2 is 1.12 bits per heavy atom. The molecule has 130 valence electrons. The lowest BCUT2D eigenvalue weighted by molar-refractivity contribution is 0.101. The average Bonchev–Trinajstić information content (AvgIpc) is 2.62. The molecule has 0 radical (unpaired) electrons. The van der Waals surface area contributed by atoms with E-state index in [1.165, 1.54) is 0 Å². The van der Waals surface area contributed by atoms with Crippen LogP contribution in [-0.4, -0.2) is 16.8 Å². The summed E-state index contributed by atoms with van der Waals surface area (Å²) in [7, 11) is 0. The Balaban J connectivity index is 1.72. The molecule has 0 aliphatic carbocycles. The van der Waals surface area contributed by atoms with Crippen LogP contribution in [0.1, 0.15) is 31.8 Å². The first-order valence-electron chi connectivity index (χ1n) is 8.24. The highest BCUT2D eigenvalue weighted by atomic mass is 16.2. The minimum atomic E-state index is -0.247. The average molecular weight is 345 g/mol. The Kier molecular flexibility index (Phi) is 5.08. The molecular formula is C21H19N3O2. The maximum absolute atomic E-state index is 12.3. The van der Waals surface area contributed by atoms with Gasteiger partial charge in [0.2, 0.25) is 0 Å². The van der Waals surface area contributed by atoms with Gasteiger partial charge in [-0.1, -0.05) is 41.5 Å². The third kappa shape index (κ3) is 4.33. The van der Waals surface area contributed by atoms with Crippen molar-refractivity contribution >= 4 is 23.5 Å². The van der Waals surface area contributed by atoms with Gasteiger partial charge in [0.1, 0.15) is 11.6 Å². The Labute approximate surface area is 152 Å². The number of carbonyl (C=O) groups excluding carboxylic acids is 2. The second kappa shape index (κ2) is 7.61. The van der Waals surface area contributed by atoms with Crippen molar-refractivity contribution < 1.29 is 9.59 Å². The minimum Gasteiger partial charge on any atom is -0.306 e. The zero-order valence-corrected chi connectivity index (χ0v) is 14.6. The van der Waals surface area contributed by atoms with Crippen molar-refractivity contribution in [2.45, 2.75) is 13.8 Å². The standard InChI is InChI=1S/C21H19N3O2/c1-14-6-3-8-16(12-14)20(25)23-18-10-5-11-19(22-18)24-21(26)17-9-4-7-15(2)13-17/h3-13H,1-2H3,(H2,22,23,24,25,26). The number of nitrogens with zero attached hydrogens (tertiary/aromatic N) is 1. The molecule has 1 aromatic heterocycles. The van der Waals surface area contributed by atoms with Crippen molar-refractivity contribution in [2.75, 3.05) is 10.6 Å². The molecule has 0 atom stereocenters. The number of hydrogen-bond acceptors (Lipinski definition) is 3. The molecular weight excluding hydrogens is 326 g/mol. The van der Waals surface area contributed by atoms with Gasteiger partial charge in [0.15, 0.2) is 0 Å². The molecule has 0 saturated carbocycles. The Morgan fingerprint density at radius 1 is 0.692 bits per heavy atom. The summed E-state index contributed by atoms with van der Waals surface area (Å²) in [5, 5.41) is 5.49. The van der Waals surface area contributed by atoms with Gasteiger partial charge in [-0.3, -0.25) is 9.59 Å². The largest absolute Gasteiger partial charge is 0.306 e. The van der Waals surface area contributed by atoms with Gasteiger partial charge in [-0.05, 0) is 50.2 Å². The molecule has 3 rings (SSSR count). The van der Waals surface area contributed by atoms with E-state index in [0.29, 0.717) is 22.8 Å². The van der Waals surface area contributed by atoms with Crippen LogP contribution in [0.4, 0.5) is 11.6 Å². The zero-order valence-electron chi connectivity index (χ0n) is 14.6. The highest BCUT2D eigenvalue weighted by Crippen LogP contribution is 2.13. The zero-order chi connectivity index (χ0) is 18.5. The molecule has 0 aliphatic heterocycles. The third-order valence-corrected chi connectivity index (χ3v) is 3.79. The number of hydrogen-bond donors (Lipinski definition) is 2. The smallest absolute Gasteiger partial charge is 0.256 e. The predicted octanol–water partition coefficient (Wildman–Crippen LogP) is 4.20. The van der Waals surface area contributed by atoms with E-state index >= 15 is 0 Å². The lowest BCUT2D eigenvalue weighted by atomic mass is 10.1. The van der Waals surface area contributed by atoms with Crippen molar-refractivity contribution in [1.82, 2.24) is 4.98 Å². The molecule has 0 bridgehead atoms. The highest BCUT2D eigenvalue weighted by Gasteiger charge is 2.10. The molecule has 26 heavy (non-hydrogen) atoms. The number of aryl methyl sites for hydroxylation is 2. The molecule has 0 saturated heterocycles. The number of aromatic nitrogens is 1. The summed E-state index contributed by atoms with van der Waals surface area (Å²) in [6.45, 7) is 3.85. The molecule has 1 heterocycles. The summed E-state index contributed by atoms with van der Waals surface area (Å²) in [5.74, 6) is 0.254. The van der Waals surface area contributed by atoms with E-state index in [2.05, 4.69) is 15.6 Å². The van der Waals surface area contributed by atoms with Crippen LogP contribution in [0.2, 0.25) is 0 Å². The fourth-order valence-electron chi connectivity index (χ4n) is 2.52. The monoisotopic (exact) mass is 345 g/mol. The summed E-state index contributed by atoms with van der Waals surface area (Å²) in [4.78, 5) is 28.9. The number of benzene rings is 2. The maximum Gasteiger partial charge on any atom is 0.256 e. The quantitative estimate of drug-likeness (QED) is 0.744. The van der Waals surface area contributed by atoms with Crippen LogP contribution < -0.4 is 10.6 Å². The number of carbonyl (C=O) groups is 2. The lowest BCUT2D eigenvalue weighted by Crippen LogP contribution is -2.16. The van der Waals surface area contributed by atoms with Crippen LogP contribution in [0.15, 0.2) is 66.7 Å². The fourth-order valence-corrected chi connectivity index (χ4v) is 2.52. The molecule has 5 nitrogen and oxygen atoms in total. The molecule has 0 spiro atoms. The van der Waals surface area contributed by atoms with Gasteiger partial charge >= 0.3 is 0 Å². The second-order valence-corrected chi connectivity index (χ2v) is 6.06. The van der Waals surface area contributed by atoms with Crippen molar-refractivity contribution in [3.8, 4) is 0 Å². The molecule has 2 N–H and O–H groups in total. The molecule has 5 heteroatoms. The summed E-state index contributed by atoms with van der Waals surface area (Å²) in [6.07, 6.45) is 0. The summed E-state index contributed by atoms with van der Waals surface area (Å²) in [5.41, 5.74) is 3.12. The van der Waals surface area contributed by atoms with Gasteiger partial charge in [-0.2, -0.15) is 0 Å². The molecule has 0 fully saturated rings. The van der Waals surface area contributed by atoms with E-state index < -0.39 is 0 Å². The van der Waals surface area contributed by atoms with Gasteiger partial charge in [0.05, 0.1) is 0 Å². The molecule has 0 aliphatic rings. The van der Waals surface area contributed by atoms with E-state index in [-0.39, 0.29) is 11.8 Å². The van der Waals surface area contributed by atoms with Gasteiger partial charge in [-0.25, -0.2) is 4.98 Å². The van der Waals surface area contributed by atoms with E-state index in [9.17, 15) is 9.59 Å². The minimum absolute atomic E-state index is 0.247. The first kappa shape index (κ1) is 17.4. The van der Waals surface area contributed by atoms with E-state index in [4.69, 9.17) is 0 Å². The number of pyridine rings is 1. The van der Waals surface area contributed by atoms with Gasteiger partial charge < -0.3 is 10.6 Å². The lowest BCUT2D eigenvalue weighted by Gasteiger charge is -2.08. The predicted molar refractivity (Wildman–Crippen MR) is 103 cm³/mol. The molecule has 3 aromatic rings. The van der Waals surface area contributed by atoms with Crippen LogP contribution >= 0.6 is 0 Å². The van der Waals surface area contributed by atoms with Crippen molar-refractivity contribution in [1.29, 1.82) is 0 Å². The SMILES string of the molecule is Cc1cccc(C(=O)Nc2cccc(NC(=O)c3cccc(C)c3)n2)c1. The number of nitrogens with one attached hydrogen (secondary N) is 2. The van der Waals surface area contributed by atoms with Crippen molar-refractivity contribution in [3.63, 3.8) is 0 Å². The van der Waals surface area contributed by atoms with Crippen LogP contribution in [0.3, 0.4) is 0 Å². The Hall–Kier alpha value is -3.47. The number of anilines is 2. The first-order valence-corrected chi connectivity index (χ1v) is 8.24. The summed E-state index contributed by atoms with van der Waals surface area (Å²) >= 11 is 0. The number of amides is 2. The molecule has 0 unspecified atom stereocenters. The Morgan fingerprint density at radius 3 is 1.54 bits per heavy atom. The van der Waals surface area contributed by atoms with Crippen LogP contribution in [0, 0.1) is 13.8 Å². The molecule has 2 amide bonds. The van der Waals surface area contributed by atoms with E-state index in [0.717, 1.165) is 11.1 Å². The van der Waals surface area contributed by atoms with Crippen LogP contribution in [-0.2, 0) is 0 Å². The van der Waals surface area contributed by atoms with Crippen molar-refractivity contribution in [2.24, 2.45) is 0 Å². The number of rotatable bonds is 4. The van der Waals surface area contributed by atoms with Crippen molar-refractivity contribution in [3.05, 3.63) is 89.0 Å². The van der Waals surface area contributed by atoms with Gasteiger partial charge in [0, 0.05) is 11.1 Å². The first-order chi connectivity index (χ1) is 12.5. The van der Waals surface area contributed by atoms with E-state index in [1.54, 1.807) is 42.5 Å². The topological polar surface area (TPSA) is 71.1 Å². The Bertz CT molecular complexity index is 892. The van der Waals surface area contributed by atoms with Crippen LogP contribution in [0.5, 0.6) is 0 Å². The van der Waals surface area contributed by atoms with E-state index in [1.807, 2.05) is 38.1 Å². The van der Waals surface area contributed by atoms with Crippen LogP contribution in [0.25, 0.3) is 0 Å². The normalized spacial score (nSPS) is 10.2. The maximum atomic E-state index is 12.3. The fraction of sp³-hybridized carbons (Fsp3) is 0.0952. The highest BCUT2D eigenvalue weighted by molar-refractivity contribution is 6.05. The van der Waals surface area contributed by atoms with Gasteiger partial charge in [0.25, 0.3) is 11.8 Å².